The van der Waals surface area contributed by atoms with Gasteiger partial charge >= 0.3 is 5.97 Å². The van der Waals surface area contributed by atoms with Gasteiger partial charge in [0.1, 0.15) is 11.4 Å². The maximum Gasteiger partial charge on any atom is 0.341 e. The number of pyridine rings is 1. The van der Waals surface area contributed by atoms with E-state index < -0.39 is 6.10 Å². The lowest BCUT2D eigenvalue weighted by Crippen LogP contribution is -2.55. The Morgan fingerprint density at radius 3 is 2.65 bits per heavy atom. The number of nitrogens with one attached hydrogen (secondary N) is 1. The number of aliphatic hydroxyl groups excluding tert-OH is 1. The largest absolute Gasteiger partial charge is 0.465 e. The smallest absolute Gasteiger partial charge is 0.341 e. The molecule has 1 saturated carbocycles. The maximum atomic E-state index is 12.2. The second kappa shape index (κ2) is 8.35. The van der Waals surface area contributed by atoms with Crippen molar-refractivity contribution in [2.75, 3.05) is 25.1 Å². The van der Waals surface area contributed by atoms with Crippen LogP contribution in [0.3, 0.4) is 0 Å². The Balaban J connectivity index is 1.72. The molecule has 3 rings (SSSR count). The molecule has 6 nitrogen and oxygen atoms in total. The SMILES string of the molecule is COC(=O)c1cc(C)c(C)nc1N1CCC(NC2CCCCC2)[C@H](O)C1. The molecule has 0 radical (unpaired) electrons. The van der Waals surface area contributed by atoms with Crippen LogP contribution in [0.2, 0.25) is 0 Å². The summed E-state index contributed by atoms with van der Waals surface area (Å²) in [6, 6.07) is 2.48. The van der Waals surface area contributed by atoms with Gasteiger partial charge in [0.2, 0.25) is 0 Å². The number of carbonyl (C=O) groups excluding carboxylic acids is 1. The topological polar surface area (TPSA) is 74.7 Å². The second-order valence-corrected chi connectivity index (χ2v) is 7.66. The van der Waals surface area contributed by atoms with Crippen LogP contribution in [0.1, 0.15) is 60.1 Å². The number of piperidine rings is 1. The van der Waals surface area contributed by atoms with Crippen LogP contribution in [0.4, 0.5) is 5.82 Å². The summed E-state index contributed by atoms with van der Waals surface area (Å²) in [6.07, 6.45) is 6.67. The number of methoxy groups -OCH3 is 1. The predicted octanol–water partition coefficient (Wildman–Crippen LogP) is 2.35. The van der Waals surface area contributed by atoms with Gasteiger partial charge in [0.15, 0.2) is 0 Å². The zero-order valence-corrected chi connectivity index (χ0v) is 16.1. The molecule has 1 aromatic rings. The molecule has 0 aromatic carbocycles. The average molecular weight is 361 g/mol. The molecule has 2 fully saturated rings. The van der Waals surface area contributed by atoms with Crippen molar-refractivity contribution in [3.8, 4) is 0 Å². The van der Waals surface area contributed by atoms with Crippen LogP contribution in [-0.4, -0.2) is 54.4 Å². The molecule has 0 bridgehead atoms. The minimum Gasteiger partial charge on any atom is -0.465 e. The number of ether oxygens (including phenoxy) is 1. The van der Waals surface area contributed by atoms with Crippen LogP contribution < -0.4 is 10.2 Å². The number of β-amino-alcohol motifs (C(OH)–C–C–N with tert-alkyl or cyclic N) is 1. The standard InChI is InChI=1S/C20H31N3O3/c1-13-11-16(20(25)26-3)19(21-14(13)2)23-10-9-17(18(24)12-23)22-15-7-5-4-6-8-15/h11,15,17-18,22,24H,4-10,12H2,1-3H3/t17?,18-/m1/s1. The number of aryl methyl sites for hydroxylation is 2. The summed E-state index contributed by atoms with van der Waals surface area (Å²) >= 11 is 0. The first-order valence-electron chi connectivity index (χ1n) is 9.75. The zero-order chi connectivity index (χ0) is 18.7. The number of hydrogen-bond acceptors (Lipinski definition) is 6. The molecule has 1 aromatic heterocycles. The van der Waals surface area contributed by atoms with Gasteiger partial charge in [-0.1, -0.05) is 19.3 Å². The van der Waals surface area contributed by atoms with Gasteiger partial charge in [-0.3, -0.25) is 0 Å². The first-order chi connectivity index (χ1) is 12.5. The second-order valence-electron chi connectivity index (χ2n) is 7.66. The number of rotatable bonds is 4. The Morgan fingerprint density at radius 1 is 1.27 bits per heavy atom. The quantitative estimate of drug-likeness (QED) is 0.802. The number of aliphatic hydroxyl groups is 1. The van der Waals surface area contributed by atoms with Crippen LogP contribution in [0.25, 0.3) is 0 Å². The molecule has 26 heavy (non-hydrogen) atoms. The molecule has 1 aliphatic heterocycles. The number of anilines is 1. The first-order valence-corrected chi connectivity index (χ1v) is 9.75. The summed E-state index contributed by atoms with van der Waals surface area (Å²) in [7, 11) is 1.39. The fourth-order valence-electron chi connectivity index (χ4n) is 4.08. The van der Waals surface area contributed by atoms with E-state index in [0.29, 0.717) is 24.0 Å². The summed E-state index contributed by atoms with van der Waals surface area (Å²) in [5.74, 6) is 0.239. The van der Waals surface area contributed by atoms with Crippen molar-refractivity contribution >= 4 is 11.8 Å². The van der Waals surface area contributed by atoms with Crippen LogP contribution in [0.15, 0.2) is 6.07 Å². The van der Waals surface area contributed by atoms with E-state index >= 15 is 0 Å². The lowest BCUT2D eigenvalue weighted by atomic mass is 9.92. The summed E-state index contributed by atoms with van der Waals surface area (Å²) in [5.41, 5.74) is 2.33. The molecule has 6 heteroatoms. The van der Waals surface area contributed by atoms with Gasteiger partial charge in [0.25, 0.3) is 0 Å². The molecule has 144 valence electrons. The van der Waals surface area contributed by atoms with E-state index in [2.05, 4.69) is 10.3 Å². The van der Waals surface area contributed by atoms with E-state index in [1.807, 2.05) is 24.8 Å². The van der Waals surface area contributed by atoms with Gasteiger partial charge in [0, 0.05) is 30.9 Å². The Labute approximate surface area is 155 Å². The third-order valence-corrected chi connectivity index (χ3v) is 5.79. The average Bonchev–Trinajstić information content (AvgIpc) is 2.65. The van der Waals surface area contributed by atoms with E-state index in [1.165, 1.54) is 39.2 Å². The molecular weight excluding hydrogens is 330 g/mol. The minimum absolute atomic E-state index is 0.113. The summed E-state index contributed by atoms with van der Waals surface area (Å²) in [4.78, 5) is 18.8. The Morgan fingerprint density at radius 2 is 2.00 bits per heavy atom. The Hall–Kier alpha value is -1.66. The number of carbonyl (C=O) groups is 1. The molecule has 2 N–H and O–H groups in total. The lowest BCUT2D eigenvalue weighted by Gasteiger charge is -2.39. The number of aromatic nitrogens is 1. The van der Waals surface area contributed by atoms with Crippen molar-refractivity contribution in [3.63, 3.8) is 0 Å². The number of esters is 1. The fraction of sp³-hybridized carbons (Fsp3) is 0.700. The molecule has 2 heterocycles. The molecular formula is C20H31N3O3. The molecule has 1 aliphatic carbocycles. The number of hydrogen-bond donors (Lipinski definition) is 2. The van der Waals surface area contributed by atoms with Crippen LogP contribution in [0, 0.1) is 13.8 Å². The molecule has 0 amide bonds. The Kier molecular flexibility index (Phi) is 6.14. The molecule has 2 atom stereocenters. The van der Waals surface area contributed by atoms with E-state index in [-0.39, 0.29) is 12.0 Å². The summed E-state index contributed by atoms with van der Waals surface area (Å²) in [5, 5.41) is 14.4. The van der Waals surface area contributed by atoms with Gasteiger partial charge in [-0.25, -0.2) is 9.78 Å². The van der Waals surface area contributed by atoms with Crippen molar-refractivity contribution in [1.29, 1.82) is 0 Å². The minimum atomic E-state index is -0.473. The van der Waals surface area contributed by atoms with Crippen molar-refractivity contribution in [2.24, 2.45) is 0 Å². The monoisotopic (exact) mass is 361 g/mol. The predicted molar refractivity (Wildman–Crippen MR) is 102 cm³/mol. The summed E-state index contributed by atoms with van der Waals surface area (Å²) < 4.78 is 4.93. The third kappa shape index (κ3) is 4.18. The maximum absolute atomic E-state index is 12.2. The van der Waals surface area contributed by atoms with Crippen molar-refractivity contribution in [2.45, 2.75) is 70.6 Å². The zero-order valence-electron chi connectivity index (χ0n) is 16.1. The van der Waals surface area contributed by atoms with Crippen molar-refractivity contribution in [3.05, 3.63) is 22.9 Å². The van der Waals surface area contributed by atoms with Crippen LogP contribution >= 0.6 is 0 Å². The van der Waals surface area contributed by atoms with Gasteiger partial charge < -0.3 is 20.1 Å². The highest BCUT2D eigenvalue weighted by Crippen LogP contribution is 2.26. The van der Waals surface area contributed by atoms with Crippen molar-refractivity contribution < 1.29 is 14.6 Å². The van der Waals surface area contributed by atoms with Gasteiger partial charge in [0.05, 0.1) is 13.2 Å². The highest BCUT2D eigenvalue weighted by Gasteiger charge is 2.32. The van der Waals surface area contributed by atoms with E-state index in [1.54, 1.807) is 0 Å². The fourth-order valence-corrected chi connectivity index (χ4v) is 4.08. The van der Waals surface area contributed by atoms with E-state index in [9.17, 15) is 9.90 Å². The molecule has 1 saturated heterocycles. The normalized spacial score (nSPS) is 24.5. The van der Waals surface area contributed by atoms with Crippen LogP contribution in [-0.2, 0) is 4.74 Å². The Bertz CT molecular complexity index is 643. The first kappa shape index (κ1) is 19.1. The highest BCUT2D eigenvalue weighted by atomic mass is 16.5. The lowest BCUT2D eigenvalue weighted by molar-refractivity contribution is 0.0599. The van der Waals surface area contributed by atoms with Crippen molar-refractivity contribution in [1.82, 2.24) is 10.3 Å². The van der Waals surface area contributed by atoms with E-state index in [4.69, 9.17) is 4.74 Å². The van der Waals surface area contributed by atoms with Gasteiger partial charge in [-0.2, -0.15) is 0 Å². The van der Waals surface area contributed by atoms with Crippen LogP contribution in [0.5, 0.6) is 0 Å². The highest BCUT2D eigenvalue weighted by molar-refractivity contribution is 5.95. The molecule has 2 aliphatic rings. The summed E-state index contributed by atoms with van der Waals surface area (Å²) in [6.45, 7) is 5.12. The molecule has 1 unspecified atom stereocenters. The molecule has 0 spiro atoms. The van der Waals surface area contributed by atoms with Gasteiger partial charge in [-0.15, -0.1) is 0 Å². The number of nitrogens with zero attached hydrogens (tertiary/aromatic N) is 2. The third-order valence-electron chi connectivity index (χ3n) is 5.79. The van der Waals surface area contributed by atoms with E-state index in [0.717, 1.165) is 24.2 Å². The van der Waals surface area contributed by atoms with Gasteiger partial charge in [-0.05, 0) is 44.7 Å².